The van der Waals surface area contributed by atoms with E-state index in [2.05, 4.69) is 6.58 Å². The second kappa shape index (κ2) is 4.77. The van der Waals surface area contributed by atoms with Crippen molar-refractivity contribution >= 4 is 5.78 Å². The zero-order valence-electron chi connectivity index (χ0n) is 7.90. The number of ketones is 1. The zero-order chi connectivity index (χ0) is 11.4. The van der Waals surface area contributed by atoms with E-state index in [0.717, 1.165) is 0 Å². The average Bonchev–Trinajstić information content (AvgIpc) is 2.21. The number of halogens is 3. The van der Waals surface area contributed by atoms with Gasteiger partial charge in [0.2, 0.25) is 0 Å². The summed E-state index contributed by atoms with van der Waals surface area (Å²) in [7, 11) is 0. The van der Waals surface area contributed by atoms with Crippen LogP contribution in [0.5, 0.6) is 0 Å². The van der Waals surface area contributed by atoms with E-state index in [9.17, 15) is 18.0 Å². The van der Waals surface area contributed by atoms with Gasteiger partial charge in [0, 0.05) is 12.0 Å². The van der Waals surface area contributed by atoms with Crippen LogP contribution in [-0.2, 0) is 0 Å². The third-order valence-electron chi connectivity index (χ3n) is 1.88. The number of benzene rings is 1. The topological polar surface area (TPSA) is 17.1 Å². The number of carbonyl (C=O) groups is 1. The van der Waals surface area contributed by atoms with Gasteiger partial charge in [0.15, 0.2) is 23.2 Å². The standard InChI is InChI=1S/C11H9F3O/c1-2-3-4-10(15)7-5-8(12)11(14)9(13)6-7/h2,5-6H,1,3-4H2. The fourth-order valence-electron chi connectivity index (χ4n) is 1.09. The first-order valence-corrected chi connectivity index (χ1v) is 4.35. The Hall–Kier alpha value is -1.58. The monoisotopic (exact) mass is 214 g/mol. The highest BCUT2D eigenvalue weighted by Crippen LogP contribution is 2.15. The molecule has 0 atom stereocenters. The number of Topliss-reactive ketones (excluding diaryl/α,β-unsaturated/α-hetero) is 1. The van der Waals surface area contributed by atoms with Crippen molar-refractivity contribution in [2.75, 3.05) is 0 Å². The maximum absolute atomic E-state index is 12.7. The minimum atomic E-state index is -1.56. The Morgan fingerprint density at radius 1 is 1.27 bits per heavy atom. The molecule has 1 nitrogen and oxygen atoms in total. The second-order valence-corrected chi connectivity index (χ2v) is 3.00. The molecule has 0 N–H and O–H groups in total. The largest absolute Gasteiger partial charge is 0.294 e. The van der Waals surface area contributed by atoms with Crippen molar-refractivity contribution in [1.82, 2.24) is 0 Å². The summed E-state index contributed by atoms with van der Waals surface area (Å²) in [5, 5.41) is 0. The molecule has 0 aromatic heterocycles. The normalized spacial score (nSPS) is 10.1. The fraction of sp³-hybridized carbons (Fsp3) is 0.182. The Morgan fingerprint density at radius 2 is 1.80 bits per heavy atom. The Balaban J connectivity index is 2.95. The summed E-state index contributed by atoms with van der Waals surface area (Å²) in [4.78, 5) is 11.3. The Labute approximate surface area is 85.2 Å². The molecule has 80 valence electrons. The molecular weight excluding hydrogens is 205 g/mol. The summed E-state index contributed by atoms with van der Waals surface area (Å²) < 4.78 is 38.0. The van der Waals surface area contributed by atoms with E-state index < -0.39 is 23.2 Å². The molecule has 0 spiro atoms. The van der Waals surface area contributed by atoms with Crippen LogP contribution in [0.15, 0.2) is 24.8 Å². The molecule has 0 fully saturated rings. The number of allylic oxidation sites excluding steroid dienone is 1. The lowest BCUT2D eigenvalue weighted by molar-refractivity contribution is 0.0982. The van der Waals surface area contributed by atoms with Crippen LogP contribution in [0.25, 0.3) is 0 Å². The van der Waals surface area contributed by atoms with Gasteiger partial charge in [-0.2, -0.15) is 0 Å². The number of hydrogen-bond acceptors (Lipinski definition) is 1. The van der Waals surface area contributed by atoms with Crippen molar-refractivity contribution in [3.63, 3.8) is 0 Å². The Kier molecular flexibility index (Phi) is 3.66. The van der Waals surface area contributed by atoms with Gasteiger partial charge in [0.05, 0.1) is 0 Å². The zero-order valence-corrected chi connectivity index (χ0v) is 7.90. The van der Waals surface area contributed by atoms with Gasteiger partial charge in [-0.15, -0.1) is 6.58 Å². The summed E-state index contributed by atoms with van der Waals surface area (Å²) in [6, 6.07) is 1.40. The van der Waals surface area contributed by atoms with Crippen LogP contribution in [0.1, 0.15) is 23.2 Å². The Morgan fingerprint density at radius 3 is 2.27 bits per heavy atom. The summed E-state index contributed by atoms with van der Waals surface area (Å²) in [6.45, 7) is 3.42. The van der Waals surface area contributed by atoms with Crippen molar-refractivity contribution in [2.45, 2.75) is 12.8 Å². The molecule has 1 aromatic rings. The van der Waals surface area contributed by atoms with Gasteiger partial charge in [-0.1, -0.05) is 6.08 Å². The third kappa shape index (κ3) is 2.68. The SMILES string of the molecule is C=CCCC(=O)c1cc(F)c(F)c(F)c1. The summed E-state index contributed by atoms with van der Waals surface area (Å²) in [5.41, 5.74) is -0.159. The van der Waals surface area contributed by atoms with E-state index in [0.29, 0.717) is 18.6 Å². The summed E-state index contributed by atoms with van der Waals surface area (Å²) >= 11 is 0. The molecule has 1 rings (SSSR count). The van der Waals surface area contributed by atoms with Gasteiger partial charge in [0.25, 0.3) is 0 Å². The minimum absolute atomic E-state index is 0.105. The molecule has 0 bridgehead atoms. The molecule has 0 aliphatic heterocycles. The molecule has 0 radical (unpaired) electrons. The van der Waals surface area contributed by atoms with Gasteiger partial charge in [0.1, 0.15) is 0 Å². The molecular formula is C11H9F3O. The van der Waals surface area contributed by atoms with Gasteiger partial charge in [-0.25, -0.2) is 13.2 Å². The van der Waals surface area contributed by atoms with E-state index in [1.54, 1.807) is 0 Å². The van der Waals surface area contributed by atoms with Gasteiger partial charge < -0.3 is 0 Å². The average molecular weight is 214 g/mol. The van der Waals surface area contributed by atoms with Crippen LogP contribution in [0.3, 0.4) is 0 Å². The molecule has 4 heteroatoms. The van der Waals surface area contributed by atoms with Crippen molar-refractivity contribution < 1.29 is 18.0 Å². The van der Waals surface area contributed by atoms with E-state index in [-0.39, 0.29) is 12.0 Å². The lowest BCUT2D eigenvalue weighted by Crippen LogP contribution is -2.02. The first kappa shape index (κ1) is 11.5. The molecule has 1 aromatic carbocycles. The van der Waals surface area contributed by atoms with Crippen molar-refractivity contribution in [3.8, 4) is 0 Å². The predicted octanol–water partition coefficient (Wildman–Crippen LogP) is 3.25. The summed E-state index contributed by atoms with van der Waals surface area (Å²) in [5.74, 6) is -4.70. The number of carbonyl (C=O) groups excluding carboxylic acids is 1. The molecule has 0 aliphatic carbocycles. The van der Waals surface area contributed by atoms with Crippen LogP contribution in [-0.4, -0.2) is 5.78 Å². The highest BCUT2D eigenvalue weighted by molar-refractivity contribution is 5.96. The molecule has 0 unspecified atom stereocenters. The second-order valence-electron chi connectivity index (χ2n) is 3.00. The number of rotatable bonds is 4. The molecule has 0 amide bonds. The van der Waals surface area contributed by atoms with Crippen molar-refractivity contribution in [1.29, 1.82) is 0 Å². The van der Waals surface area contributed by atoms with Gasteiger partial charge in [-0.3, -0.25) is 4.79 Å². The quantitative estimate of drug-likeness (QED) is 0.427. The Bertz CT molecular complexity index is 376. The molecule has 0 heterocycles. The van der Waals surface area contributed by atoms with Crippen molar-refractivity contribution in [2.24, 2.45) is 0 Å². The van der Waals surface area contributed by atoms with Gasteiger partial charge >= 0.3 is 0 Å². The van der Waals surface area contributed by atoms with E-state index in [1.807, 2.05) is 0 Å². The van der Waals surface area contributed by atoms with Crippen LogP contribution < -0.4 is 0 Å². The highest BCUT2D eigenvalue weighted by Gasteiger charge is 2.14. The number of hydrogen-bond donors (Lipinski definition) is 0. The minimum Gasteiger partial charge on any atom is -0.294 e. The molecule has 0 saturated heterocycles. The molecule has 0 saturated carbocycles. The smallest absolute Gasteiger partial charge is 0.194 e. The van der Waals surface area contributed by atoms with E-state index >= 15 is 0 Å². The van der Waals surface area contributed by atoms with Crippen LogP contribution in [0, 0.1) is 17.5 Å². The van der Waals surface area contributed by atoms with E-state index in [4.69, 9.17) is 0 Å². The first-order valence-electron chi connectivity index (χ1n) is 4.35. The first-order chi connectivity index (χ1) is 7.06. The lowest BCUT2D eigenvalue weighted by atomic mass is 10.1. The van der Waals surface area contributed by atoms with Crippen LogP contribution >= 0.6 is 0 Å². The predicted molar refractivity (Wildman–Crippen MR) is 50.1 cm³/mol. The third-order valence-corrected chi connectivity index (χ3v) is 1.88. The maximum Gasteiger partial charge on any atom is 0.194 e. The summed E-state index contributed by atoms with van der Waals surface area (Å²) in [6.07, 6.45) is 2.04. The highest BCUT2D eigenvalue weighted by atomic mass is 19.2. The lowest BCUT2D eigenvalue weighted by Gasteiger charge is -2.01. The van der Waals surface area contributed by atoms with E-state index in [1.165, 1.54) is 6.08 Å². The van der Waals surface area contributed by atoms with Crippen LogP contribution in [0.2, 0.25) is 0 Å². The molecule has 0 aliphatic rings. The van der Waals surface area contributed by atoms with Gasteiger partial charge in [-0.05, 0) is 18.6 Å². The van der Waals surface area contributed by atoms with Crippen molar-refractivity contribution in [3.05, 3.63) is 47.8 Å². The molecule has 15 heavy (non-hydrogen) atoms. The van der Waals surface area contributed by atoms with Crippen LogP contribution in [0.4, 0.5) is 13.2 Å². The fourth-order valence-corrected chi connectivity index (χ4v) is 1.09. The maximum atomic E-state index is 12.7.